The molecule has 2 aromatic carbocycles. The second kappa shape index (κ2) is 11.6. The monoisotopic (exact) mass is 473 g/mol. The van der Waals surface area contributed by atoms with Crippen molar-refractivity contribution in [2.45, 2.75) is 51.7 Å². The number of carbonyl (C=O) groups excluding carboxylic acids is 1. The van der Waals surface area contributed by atoms with Crippen molar-refractivity contribution in [1.82, 2.24) is 5.32 Å². The van der Waals surface area contributed by atoms with E-state index in [1.807, 2.05) is 0 Å². The van der Waals surface area contributed by atoms with Crippen molar-refractivity contribution < 1.29 is 28.2 Å². The van der Waals surface area contributed by atoms with E-state index in [-0.39, 0.29) is 36.6 Å². The average Bonchev–Trinajstić information content (AvgIpc) is 3.19. The fourth-order valence-corrected chi connectivity index (χ4v) is 4.36. The maximum Gasteiger partial charge on any atom is 0.330 e. The third kappa shape index (κ3) is 7.11. The Kier molecular flexibility index (Phi) is 8.80. The van der Waals surface area contributed by atoms with Crippen LogP contribution >= 0.6 is 0 Å². The topological polar surface area (TPSA) is 67.8 Å². The van der Waals surface area contributed by atoms with Gasteiger partial charge in [-0.2, -0.15) is 4.39 Å². The molecule has 7 heteroatoms. The van der Waals surface area contributed by atoms with E-state index in [0.29, 0.717) is 5.92 Å². The van der Waals surface area contributed by atoms with Gasteiger partial charge in [-0.05, 0) is 75.3 Å². The lowest BCUT2D eigenvalue weighted by molar-refractivity contribution is -0.137. The molecule has 5 nitrogen and oxygen atoms in total. The first-order valence-electron chi connectivity index (χ1n) is 11.6. The Morgan fingerprint density at radius 3 is 2.50 bits per heavy atom. The first-order chi connectivity index (χ1) is 16.2. The van der Waals surface area contributed by atoms with Gasteiger partial charge in [-0.1, -0.05) is 24.3 Å². The molecule has 0 aliphatic heterocycles. The van der Waals surface area contributed by atoms with E-state index in [1.54, 1.807) is 6.92 Å². The summed E-state index contributed by atoms with van der Waals surface area (Å²) in [6, 6.07) is 11.1. The van der Waals surface area contributed by atoms with Crippen LogP contribution in [-0.2, 0) is 22.4 Å². The molecule has 0 amide bonds. The normalized spacial score (nSPS) is 14.9. The van der Waals surface area contributed by atoms with Crippen LogP contribution in [0.4, 0.5) is 8.78 Å². The van der Waals surface area contributed by atoms with Crippen LogP contribution in [0.3, 0.4) is 0 Å². The lowest BCUT2D eigenvalue weighted by atomic mass is 9.88. The molecular weight excluding hydrogens is 440 g/mol. The van der Waals surface area contributed by atoms with Crippen molar-refractivity contribution in [2.24, 2.45) is 5.92 Å². The number of aliphatic hydroxyl groups excluding tert-OH is 1. The van der Waals surface area contributed by atoms with E-state index < -0.39 is 23.7 Å². The summed E-state index contributed by atoms with van der Waals surface area (Å²) in [6.07, 6.45) is 4.35. The molecule has 0 saturated heterocycles. The minimum Gasteiger partial charge on any atom is -0.488 e. The fraction of sp³-hybridized carbons (Fsp3) is 0.444. The van der Waals surface area contributed by atoms with Crippen LogP contribution in [-0.4, -0.2) is 42.5 Å². The lowest BCUT2D eigenvalue weighted by Crippen LogP contribution is -2.46. The molecule has 0 spiro atoms. The van der Waals surface area contributed by atoms with Gasteiger partial charge in [0.05, 0.1) is 6.61 Å². The molecule has 0 bridgehead atoms. The van der Waals surface area contributed by atoms with Gasteiger partial charge < -0.3 is 19.9 Å². The number of benzene rings is 2. The summed E-state index contributed by atoms with van der Waals surface area (Å²) in [5, 5.41) is 13.7. The number of nitrogens with one attached hydrogen (secondary N) is 1. The van der Waals surface area contributed by atoms with Crippen LogP contribution in [0, 0.1) is 17.6 Å². The molecule has 2 N–H and O–H groups in total. The van der Waals surface area contributed by atoms with Crippen molar-refractivity contribution >= 4 is 12.0 Å². The lowest BCUT2D eigenvalue weighted by Gasteiger charge is -2.30. The van der Waals surface area contributed by atoms with Crippen molar-refractivity contribution in [3.8, 4) is 5.75 Å². The van der Waals surface area contributed by atoms with Crippen molar-refractivity contribution in [3.05, 3.63) is 70.8 Å². The van der Waals surface area contributed by atoms with Crippen LogP contribution in [0.5, 0.6) is 5.75 Å². The zero-order valence-corrected chi connectivity index (χ0v) is 19.9. The van der Waals surface area contributed by atoms with E-state index in [1.165, 1.54) is 23.3 Å². The van der Waals surface area contributed by atoms with E-state index in [9.17, 15) is 18.7 Å². The van der Waals surface area contributed by atoms with Gasteiger partial charge in [-0.25, -0.2) is 9.18 Å². The Hall–Kier alpha value is -2.77. The van der Waals surface area contributed by atoms with Gasteiger partial charge in [0.1, 0.15) is 12.7 Å². The number of halogens is 2. The van der Waals surface area contributed by atoms with Crippen LogP contribution < -0.4 is 10.1 Å². The number of esters is 1. The largest absolute Gasteiger partial charge is 0.488 e. The minimum absolute atomic E-state index is 0.101. The third-order valence-corrected chi connectivity index (χ3v) is 5.94. The Labute approximate surface area is 199 Å². The highest BCUT2D eigenvalue weighted by molar-refractivity contribution is 5.87. The zero-order chi connectivity index (χ0) is 24.7. The summed E-state index contributed by atoms with van der Waals surface area (Å²) in [5.74, 6) is -2.70. The zero-order valence-electron chi connectivity index (χ0n) is 19.9. The first-order valence-corrected chi connectivity index (χ1v) is 11.6. The molecule has 34 heavy (non-hydrogen) atoms. The molecule has 1 aliphatic rings. The molecule has 0 heterocycles. The third-order valence-electron chi connectivity index (χ3n) is 5.94. The average molecular weight is 474 g/mol. The maximum atomic E-state index is 14.4. The second-order valence-corrected chi connectivity index (χ2v) is 9.34. The van der Waals surface area contributed by atoms with E-state index in [2.05, 4.69) is 43.4 Å². The number of β-amino-alcohol motifs (C(OH)–C–C–N with tert-alkyl or cyclic N) is 1. The molecule has 184 valence electrons. The molecule has 0 unspecified atom stereocenters. The van der Waals surface area contributed by atoms with Gasteiger partial charge in [-0.3, -0.25) is 0 Å². The van der Waals surface area contributed by atoms with Gasteiger partial charge in [-0.15, -0.1) is 0 Å². The van der Waals surface area contributed by atoms with Gasteiger partial charge in [0.2, 0.25) is 5.82 Å². The van der Waals surface area contributed by atoms with E-state index >= 15 is 0 Å². The fourth-order valence-electron chi connectivity index (χ4n) is 4.36. The predicted octanol–water partition coefficient (Wildman–Crippen LogP) is 4.45. The molecule has 0 aromatic heterocycles. The Bertz CT molecular complexity index is 997. The Balaban J connectivity index is 1.46. The van der Waals surface area contributed by atoms with Gasteiger partial charge >= 0.3 is 5.97 Å². The summed E-state index contributed by atoms with van der Waals surface area (Å²) in [7, 11) is 0. The molecular formula is C27H33F2NO4. The number of hydrogen-bond donors (Lipinski definition) is 2. The van der Waals surface area contributed by atoms with Crippen LogP contribution in [0.1, 0.15) is 43.9 Å². The minimum atomic E-state index is -1.17. The first kappa shape index (κ1) is 25.8. The molecule has 1 aliphatic carbocycles. The van der Waals surface area contributed by atoms with Crippen LogP contribution in [0.2, 0.25) is 0 Å². The van der Waals surface area contributed by atoms with Gasteiger partial charge in [0, 0.05) is 23.7 Å². The van der Waals surface area contributed by atoms with E-state index in [0.717, 1.165) is 31.4 Å². The highest BCUT2D eigenvalue weighted by Crippen LogP contribution is 2.32. The standard InChI is InChI=1S/C27H33F2NO4/c1-4-33-24(32)12-10-19-9-11-23(26(29)25(19)28)34-17-22(31)16-30-27(2,3)15-18-13-20-7-5-6-8-21(20)14-18/h5-12,18,22,30-31H,4,13-17H2,1-3H3/t22-/m1/s1. The molecule has 1 atom stereocenters. The Morgan fingerprint density at radius 1 is 1.18 bits per heavy atom. The Morgan fingerprint density at radius 2 is 1.85 bits per heavy atom. The number of hydrogen-bond acceptors (Lipinski definition) is 5. The molecule has 2 aromatic rings. The summed E-state index contributed by atoms with van der Waals surface area (Å²) < 4.78 is 38.7. The summed E-state index contributed by atoms with van der Waals surface area (Å²) in [5.41, 5.74) is 2.52. The van der Waals surface area contributed by atoms with Crippen molar-refractivity contribution in [3.63, 3.8) is 0 Å². The number of carbonyl (C=O) groups is 1. The molecule has 0 radical (unpaired) electrons. The quantitative estimate of drug-likeness (QED) is 0.373. The van der Waals surface area contributed by atoms with Crippen LogP contribution in [0.25, 0.3) is 6.08 Å². The number of rotatable bonds is 11. The van der Waals surface area contributed by atoms with Crippen LogP contribution in [0.15, 0.2) is 42.5 Å². The summed E-state index contributed by atoms with van der Waals surface area (Å²) in [6.45, 7) is 6.11. The second-order valence-electron chi connectivity index (χ2n) is 9.34. The number of aliphatic hydroxyl groups is 1. The summed E-state index contributed by atoms with van der Waals surface area (Å²) >= 11 is 0. The smallest absolute Gasteiger partial charge is 0.330 e. The molecule has 0 fully saturated rings. The van der Waals surface area contributed by atoms with Gasteiger partial charge in [0.25, 0.3) is 0 Å². The van der Waals surface area contributed by atoms with Crippen molar-refractivity contribution in [2.75, 3.05) is 19.8 Å². The summed E-state index contributed by atoms with van der Waals surface area (Å²) in [4.78, 5) is 11.4. The molecule has 3 rings (SSSR count). The number of ether oxygens (including phenoxy) is 2. The highest BCUT2D eigenvalue weighted by atomic mass is 19.2. The predicted molar refractivity (Wildman–Crippen MR) is 128 cm³/mol. The van der Waals surface area contributed by atoms with Gasteiger partial charge in [0.15, 0.2) is 11.6 Å². The highest BCUT2D eigenvalue weighted by Gasteiger charge is 2.28. The number of fused-ring (bicyclic) bond motifs is 1. The SMILES string of the molecule is CCOC(=O)C=Cc1ccc(OC[C@H](O)CNC(C)(C)CC2Cc3ccccc3C2)c(F)c1F. The van der Waals surface area contributed by atoms with Crippen molar-refractivity contribution in [1.29, 1.82) is 0 Å². The molecule has 0 saturated carbocycles. The van der Waals surface area contributed by atoms with E-state index in [4.69, 9.17) is 9.47 Å². The maximum absolute atomic E-state index is 14.4.